The number of rotatable bonds is 0. The van der Waals surface area contributed by atoms with Crippen molar-refractivity contribution in [2.45, 2.75) is 6.92 Å². The zero-order chi connectivity index (χ0) is 7.02. The Labute approximate surface area is 85.2 Å². The van der Waals surface area contributed by atoms with Gasteiger partial charge in [0.2, 0.25) is 0 Å². The van der Waals surface area contributed by atoms with Crippen LogP contribution in [0.15, 0.2) is 12.3 Å². The van der Waals surface area contributed by atoms with Gasteiger partial charge in [-0.3, -0.25) is 0 Å². The zero-order valence-electron chi connectivity index (χ0n) is 4.54. The van der Waals surface area contributed by atoms with Crippen LogP contribution in [0.2, 0.25) is 0 Å². The topological polar surface area (TPSA) is 0 Å². The molecule has 0 atom stereocenters. The first kappa shape index (κ1) is 8.54. The molecule has 0 aromatic carbocycles. The standard InChI is InChI=1S/C5H3Br3Se/c1-2-3(6)4(7)5(8)9-2/h1H3. The van der Waals surface area contributed by atoms with Crippen LogP contribution >= 0.6 is 47.8 Å². The Hall–Kier alpha value is 1.44. The molecule has 9 heavy (non-hydrogen) atoms. The fourth-order valence-electron chi connectivity index (χ4n) is 0.465. The number of hydrogen-bond acceptors (Lipinski definition) is 0. The predicted octanol–water partition coefficient (Wildman–Crippen LogP) is 3.34. The second-order valence-electron chi connectivity index (χ2n) is 1.56. The third-order valence-corrected chi connectivity index (χ3v) is 8.06. The van der Waals surface area contributed by atoms with Gasteiger partial charge in [0.25, 0.3) is 0 Å². The molecule has 0 bridgehead atoms. The zero-order valence-corrected chi connectivity index (χ0v) is 11.0. The van der Waals surface area contributed by atoms with Crippen molar-refractivity contribution >= 4 is 62.3 Å². The van der Waals surface area contributed by atoms with Gasteiger partial charge in [0.15, 0.2) is 0 Å². The van der Waals surface area contributed by atoms with Crippen LogP contribution in [-0.4, -0.2) is 14.5 Å². The average Bonchev–Trinajstić information content (AvgIpc) is 1.98. The van der Waals surface area contributed by atoms with E-state index >= 15 is 0 Å². The predicted molar refractivity (Wildman–Crippen MR) is 51.2 cm³/mol. The summed E-state index contributed by atoms with van der Waals surface area (Å²) in [5.74, 6) is 0. The van der Waals surface area contributed by atoms with Gasteiger partial charge < -0.3 is 0 Å². The molecular weight excluding hydrogens is 379 g/mol. The van der Waals surface area contributed by atoms with E-state index < -0.39 is 0 Å². The molecule has 50 valence electrons. The number of halogens is 3. The van der Waals surface area contributed by atoms with Gasteiger partial charge in [-0.1, -0.05) is 0 Å². The Morgan fingerprint density at radius 1 is 1.11 bits per heavy atom. The second-order valence-corrected chi connectivity index (χ2v) is 7.69. The molecule has 0 amide bonds. The molecule has 1 heterocycles. The van der Waals surface area contributed by atoms with Crippen molar-refractivity contribution in [3.8, 4) is 0 Å². The fourth-order valence-corrected chi connectivity index (χ4v) is 5.49. The molecule has 0 unspecified atom stereocenters. The van der Waals surface area contributed by atoms with Gasteiger partial charge in [-0.15, -0.1) is 0 Å². The Morgan fingerprint density at radius 3 is 1.78 bits per heavy atom. The van der Waals surface area contributed by atoms with E-state index in [2.05, 4.69) is 54.7 Å². The second kappa shape index (κ2) is 3.22. The fraction of sp³-hybridized carbons (Fsp3) is 0.200. The Morgan fingerprint density at radius 2 is 1.67 bits per heavy atom. The maximum atomic E-state index is 3.47. The van der Waals surface area contributed by atoms with Crippen LogP contribution in [0.25, 0.3) is 0 Å². The number of hydrogen-bond donors (Lipinski definition) is 0. The van der Waals surface area contributed by atoms with Gasteiger partial charge in [-0.2, -0.15) is 0 Å². The van der Waals surface area contributed by atoms with Crippen molar-refractivity contribution in [1.29, 1.82) is 0 Å². The summed E-state index contributed by atoms with van der Waals surface area (Å²) in [5, 5.41) is 0. The summed E-state index contributed by atoms with van der Waals surface area (Å²) in [6.45, 7) is 2.14. The molecule has 4 heteroatoms. The van der Waals surface area contributed by atoms with E-state index in [1.807, 2.05) is 0 Å². The van der Waals surface area contributed by atoms with E-state index in [1.54, 1.807) is 0 Å². The van der Waals surface area contributed by atoms with Crippen LogP contribution in [0.1, 0.15) is 4.44 Å². The molecule has 0 saturated heterocycles. The summed E-state index contributed by atoms with van der Waals surface area (Å²) in [5.41, 5.74) is 0. The van der Waals surface area contributed by atoms with Crippen LogP contribution in [0.5, 0.6) is 0 Å². The van der Waals surface area contributed by atoms with Crippen LogP contribution < -0.4 is 0 Å². The van der Waals surface area contributed by atoms with Crippen molar-refractivity contribution in [3.05, 3.63) is 16.7 Å². The summed E-state index contributed by atoms with van der Waals surface area (Å²) in [4.78, 5) is 0. The normalized spacial score (nSPS) is 10.2. The first-order valence-corrected chi connectivity index (χ1v) is 6.32. The third-order valence-electron chi connectivity index (χ3n) is 0.917. The van der Waals surface area contributed by atoms with Gasteiger partial charge in [-0.25, -0.2) is 0 Å². The third kappa shape index (κ3) is 1.72. The Kier molecular flexibility index (Phi) is 3.06. The van der Waals surface area contributed by atoms with Gasteiger partial charge in [-0.05, 0) is 0 Å². The minimum atomic E-state index is 0.512. The molecule has 0 N–H and O–H groups in total. The molecule has 0 nitrogen and oxygen atoms in total. The average molecular weight is 382 g/mol. The molecule has 0 aliphatic rings. The van der Waals surface area contributed by atoms with Gasteiger partial charge in [0.1, 0.15) is 0 Å². The van der Waals surface area contributed by atoms with Crippen molar-refractivity contribution < 1.29 is 0 Å². The molecule has 0 aliphatic carbocycles. The van der Waals surface area contributed by atoms with Crippen molar-refractivity contribution in [3.63, 3.8) is 0 Å². The van der Waals surface area contributed by atoms with Crippen LogP contribution in [0.3, 0.4) is 0 Å². The summed E-state index contributed by atoms with van der Waals surface area (Å²) in [7, 11) is 0. The van der Waals surface area contributed by atoms with E-state index in [1.165, 1.54) is 16.7 Å². The number of aryl methyl sites for hydroxylation is 1. The van der Waals surface area contributed by atoms with Crippen LogP contribution in [-0.2, 0) is 0 Å². The van der Waals surface area contributed by atoms with Crippen molar-refractivity contribution in [2.75, 3.05) is 0 Å². The molecule has 0 radical (unpaired) electrons. The SMILES string of the molecule is Cc1[se]c(Br)c(Br)c1Br. The Balaban J connectivity index is 3.29. The maximum absolute atomic E-state index is 3.47. The van der Waals surface area contributed by atoms with Crippen molar-refractivity contribution in [2.24, 2.45) is 0 Å². The van der Waals surface area contributed by atoms with Crippen LogP contribution in [0.4, 0.5) is 0 Å². The van der Waals surface area contributed by atoms with E-state index in [-0.39, 0.29) is 0 Å². The van der Waals surface area contributed by atoms with Gasteiger partial charge in [0, 0.05) is 0 Å². The molecule has 1 rings (SSSR count). The minimum absolute atomic E-state index is 0.512. The molecule has 0 spiro atoms. The first-order valence-electron chi connectivity index (χ1n) is 2.23. The molecule has 0 aliphatic heterocycles. The molecule has 1 aromatic heterocycles. The quantitative estimate of drug-likeness (QED) is 0.605. The first-order chi connectivity index (χ1) is 4.13. The summed E-state index contributed by atoms with van der Waals surface area (Å²) < 4.78 is 5.12. The van der Waals surface area contributed by atoms with Crippen molar-refractivity contribution in [1.82, 2.24) is 0 Å². The molecule has 0 saturated carbocycles. The summed E-state index contributed by atoms with van der Waals surface area (Å²) in [6, 6.07) is 0. The monoisotopic (exact) mass is 380 g/mol. The van der Waals surface area contributed by atoms with E-state index in [0.29, 0.717) is 14.5 Å². The van der Waals surface area contributed by atoms with Gasteiger partial charge >= 0.3 is 85.9 Å². The molecule has 0 fully saturated rings. The van der Waals surface area contributed by atoms with Gasteiger partial charge in [0.05, 0.1) is 0 Å². The van der Waals surface area contributed by atoms with E-state index in [9.17, 15) is 0 Å². The molecule has 1 aromatic rings. The van der Waals surface area contributed by atoms with Crippen LogP contribution in [0, 0.1) is 6.92 Å². The Bertz CT molecular complexity index is 206. The summed E-state index contributed by atoms with van der Waals surface area (Å²) in [6.07, 6.45) is 0. The van der Waals surface area contributed by atoms with E-state index in [4.69, 9.17) is 0 Å². The molecular formula is C5H3Br3Se. The summed E-state index contributed by atoms with van der Waals surface area (Å²) >= 11 is 10.9. The van der Waals surface area contributed by atoms with E-state index in [0.717, 1.165) is 0 Å².